The van der Waals surface area contributed by atoms with Crippen LogP contribution >= 0.6 is 12.6 Å². The quantitative estimate of drug-likeness (QED) is 0.594. The second-order valence-corrected chi connectivity index (χ2v) is 3.64. The standard InChI is InChI=1S/C10H11FO4S/c11-7-2-5(9(13)8(12)4-16)1-6(3-7)10(14)15/h1-3,8-9,12-13,16H,4H2,(H,14,15). The van der Waals surface area contributed by atoms with Crippen molar-refractivity contribution in [1.82, 2.24) is 0 Å². The molecule has 0 aliphatic heterocycles. The molecule has 16 heavy (non-hydrogen) atoms. The van der Waals surface area contributed by atoms with Gasteiger partial charge < -0.3 is 15.3 Å². The van der Waals surface area contributed by atoms with Crippen LogP contribution in [0.1, 0.15) is 22.0 Å². The van der Waals surface area contributed by atoms with Gasteiger partial charge in [-0.3, -0.25) is 0 Å². The molecule has 1 aromatic carbocycles. The van der Waals surface area contributed by atoms with Gasteiger partial charge in [-0.15, -0.1) is 0 Å². The largest absolute Gasteiger partial charge is 0.478 e. The van der Waals surface area contributed by atoms with Crippen LogP contribution in [-0.2, 0) is 0 Å². The first-order valence-corrected chi connectivity index (χ1v) is 5.09. The SMILES string of the molecule is O=C(O)c1cc(F)cc(C(O)C(O)CS)c1. The van der Waals surface area contributed by atoms with Crippen LogP contribution < -0.4 is 0 Å². The smallest absolute Gasteiger partial charge is 0.335 e. The van der Waals surface area contributed by atoms with Crippen molar-refractivity contribution in [2.75, 3.05) is 5.75 Å². The van der Waals surface area contributed by atoms with Crippen molar-refractivity contribution in [3.05, 3.63) is 35.1 Å². The molecule has 1 rings (SSSR count). The van der Waals surface area contributed by atoms with Crippen LogP contribution in [0.5, 0.6) is 0 Å². The van der Waals surface area contributed by atoms with Crippen molar-refractivity contribution in [2.24, 2.45) is 0 Å². The van der Waals surface area contributed by atoms with Gasteiger partial charge in [0.1, 0.15) is 11.9 Å². The summed E-state index contributed by atoms with van der Waals surface area (Å²) in [5.74, 6) is -2.09. The highest BCUT2D eigenvalue weighted by atomic mass is 32.1. The van der Waals surface area contributed by atoms with E-state index in [9.17, 15) is 19.4 Å². The fourth-order valence-corrected chi connectivity index (χ4v) is 1.43. The first kappa shape index (κ1) is 13.0. The van der Waals surface area contributed by atoms with Crippen LogP contribution in [0.25, 0.3) is 0 Å². The van der Waals surface area contributed by atoms with Gasteiger partial charge in [0.2, 0.25) is 0 Å². The number of halogens is 1. The van der Waals surface area contributed by atoms with Crippen LogP contribution in [0.2, 0.25) is 0 Å². The molecule has 0 spiro atoms. The minimum Gasteiger partial charge on any atom is -0.478 e. The molecular weight excluding hydrogens is 235 g/mol. The zero-order valence-corrected chi connectivity index (χ0v) is 9.06. The average Bonchev–Trinajstić information content (AvgIpc) is 2.26. The molecule has 0 radical (unpaired) electrons. The van der Waals surface area contributed by atoms with E-state index in [-0.39, 0.29) is 16.9 Å². The van der Waals surface area contributed by atoms with Crippen molar-refractivity contribution >= 4 is 18.6 Å². The normalized spacial score (nSPS) is 14.5. The van der Waals surface area contributed by atoms with E-state index in [2.05, 4.69) is 12.6 Å². The number of aromatic carboxylic acids is 1. The van der Waals surface area contributed by atoms with Crippen molar-refractivity contribution in [3.63, 3.8) is 0 Å². The summed E-state index contributed by atoms with van der Waals surface area (Å²) in [6.45, 7) is 0. The summed E-state index contributed by atoms with van der Waals surface area (Å²) in [5, 5.41) is 27.6. The summed E-state index contributed by atoms with van der Waals surface area (Å²) in [6.07, 6.45) is -2.53. The monoisotopic (exact) mass is 246 g/mol. The molecule has 0 aliphatic rings. The lowest BCUT2D eigenvalue weighted by Gasteiger charge is -2.16. The number of hydrogen-bond donors (Lipinski definition) is 4. The maximum Gasteiger partial charge on any atom is 0.335 e. The summed E-state index contributed by atoms with van der Waals surface area (Å²) < 4.78 is 13.0. The number of carboxylic acids is 1. The highest BCUT2D eigenvalue weighted by molar-refractivity contribution is 7.80. The number of thiol groups is 1. The highest BCUT2D eigenvalue weighted by Crippen LogP contribution is 2.20. The molecule has 6 heteroatoms. The topological polar surface area (TPSA) is 77.8 Å². The number of hydrogen-bond acceptors (Lipinski definition) is 4. The third-order valence-electron chi connectivity index (χ3n) is 2.06. The Morgan fingerprint density at radius 3 is 2.50 bits per heavy atom. The van der Waals surface area contributed by atoms with Crippen molar-refractivity contribution in [3.8, 4) is 0 Å². The van der Waals surface area contributed by atoms with E-state index < -0.39 is 24.0 Å². The fraction of sp³-hybridized carbons (Fsp3) is 0.300. The van der Waals surface area contributed by atoms with E-state index in [0.717, 1.165) is 18.2 Å². The molecule has 2 atom stereocenters. The molecule has 0 saturated heterocycles. The Balaban J connectivity index is 3.09. The summed E-state index contributed by atoms with van der Waals surface area (Å²) in [5.41, 5.74) is -0.264. The summed E-state index contributed by atoms with van der Waals surface area (Å²) >= 11 is 3.78. The third kappa shape index (κ3) is 2.94. The van der Waals surface area contributed by atoms with Crippen LogP contribution in [0.3, 0.4) is 0 Å². The predicted molar refractivity (Wildman–Crippen MR) is 58.2 cm³/mol. The maximum atomic E-state index is 13.0. The Bertz CT molecular complexity index is 396. The maximum absolute atomic E-state index is 13.0. The Morgan fingerprint density at radius 1 is 1.38 bits per heavy atom. The molecule has 0 amide bonds. The first-order valence-electron chi connectivity index (χ1n) is 4.46. The summed E-state index contributed by atoms with van der Waals surface area (Å²) in [6, 6.07) is 2.93. The number of carboxylic acid groups (broad SMARTS) is 1. The molecular formula is C10H11FO4S. The molecule has 0 aliphatic carbocycles. The highest BCUT2D eigenvalue weighted by Gasteiger charge is 2.19. The number of carbonyl (C=O) groups is 1. The van der Waals surface area contributed by atoms with E-state index in [4.69, 9.17) is 5.11 Å². The van der Waals surface area contributed by atoms with E-state index in [0.29, 0.717) is 0 Å². The van der Waals surface area contributed by atoms with Gasteiger partial charge in [0.05, 0.1) is 11.7 Å². The molecule has 4 nitrogen and oxygen atoms in total. The minimum atomic E-state index is -1.36. The molecule has 0 fully saturated rings. The molecule has 88 valence electrons. The van der Waals surface area contributed by atoms with E-state index >= 15 is 0 Å². The number of benzene rings is 1. The number of rotatable bonds is 4. The van der Waals surface area contributed by atoms with E-state index in [1.165, 1.54) is 0 Å². The van der Waals surface area contributed by atoms with Crippen LogP contribution in [0.4, 0.5) is 4.39 Å². The van der Waals surface area contributed by atoms with Crippen LogP contribution in [0.15, 0.2) is 18.2 Å². The Kier molecular flexibility index (Phi) is 4.28. The second kappa shape index (κ2) is 5.29. The molecule has 2 unspecified atom stereocenters. The molecule has 0 bridgehead atoms. The van der Waals surface area contributed by atoms with Crippen LogP contribution in [0, 0.1) is 5.82 Å². The van der Waals surface area contributed by atoms with Gasteiger partial charge >= 0.3 is 5.97 Å². The fourth-order valence-electron chi connectivity index (χ4n) is 1.23. The Hall–Kier alpha value is -1.11. The van der Waals surface area contributed by atoms with Gasteiger partial charge in [-0.1, -0.05) is 0 Å². The zero-order chi connectivity index (χ0) is 12.3. The first-order chi connectivity index (χ1) is 7.45. The summed E-state index contributed by atoms with van der Waals surface area (Å²) in [7, 11) is 0. The van der Waals surface area contributed by atoms with Crippen molar-refractivity contribution in [1.29, 1.82) is 0 Å². The van der Waals surface area contributed by atoms with Gasteiger partial charge in [-0.05, 0) is 23.8 Å². The lowest BCUT2D eigenvalue weighted by Crippen LogP contribution is -2.20. The lowest BCUT2D eigenvalue weighted by atomic mass is 10.0. The van der Waals surface area contributed by atoms with Gasteiger partial charge in [-0.2, -0.15) is 12.6 Å². The van der Waals surface area contributed by atoms with E-state index in [1.54, 1.807) is 0 Å². The second-order valence-electron chi connectivity index (χ2n) is 3.27. The summed E-state index contributed by atoms with van der Waals surface area (Å²) in [4.78, 5) is 10.6. The van der Waals surface area contributed by atoms with Crippen molar-refractivity contribution < 1.29 is 24.5 Å². The van der Waals surface area contributed by atoms with E-state index in [1.807, 2.05) is 0 Å². The predicted octanol–water partition coefficient (Wildman–Crippen LogP) is 0.848. The average molecular weight is 246 g/mol. The lowest BCUT2D eigenvalue weighted by molar-refractivity contribution is 0.0334. The molecule has 0 heterocycles. The third-order valence-corrected chi connectivity index (χ3v) is 2.43. The Morgan fingerprint density at radius 2 is 2.00 bits per heavy atom. The number of aliphatic hydroxyl groups is 2. The van der Waals surface area contributed by atoms with Gasteiger partial charge in [0, 0.05) is 5.75 Å². The Labute approximate surface area is 96.8 Å². The van der Waals surface area contributed by atoms with Gasteiger partial charge in [-0.25, -0.2) is 9.18 Å². The minimum absolute atomic E-state index is 0.0129. The van der Waals surface area contributed by atoms with Crippen molar-refractivity contribution in [2.45, 2.75) is 12.2 Å². The molecule has 3 N–H and O–H groups in total. The molecule has 0 saturated carbocycles. The number of aliphatic hydroxyl groups excluding tert-OH is 2. The molecule has 0 aromatic heterocycles. The zero-order valence-electron chi connectivity index (χ0n) is 8.17. The van der Waals surface area contributed by atoms with Crippen LogP contribution in [-0.4, -0.2) is 33.1 Å². The molecule has 1 aromatic rings. The van der Waals surface area contributed by atoms with Gasteiger partial charge in [0.15, 0.2) is 0 Å². The van der Waals surface area contributed by atoms with Gasteiger partial charge in [0.25, 0.3) is 0 Å².